The van der Waals surface area contributed by atoms with Crippen molar-refractivity contribution in [2.45, 2.75) is 20.1 Å². The van der Waals surface area contributed by atoms with Gasteiger partial charge in [-0.2, -0.15) is 0 Å². The molecule has 0 spiro atoms. The second kappa shape index (κ2) is 7.48. The van der Waals surface area contributed by atoms with E-state index in [4.69, 9.17) is 27.9 Å². The van der Waals surface area contributed by atoms with Crippen LogP contribution < -0.4 is 10.1 Å². The van der Waals surface area contributed by atoms with Crippen LogP contribution in [0.3, 0.4) is 0 Å². The van der Waals surface area contributed by atoms with Gasteiger partial charge in [-0.05, 0) is 30.8 Å². The van der Waals surface area contributed by atoms with E-state index in [9.17, 15) is 0 Å². The molecule has 0 aliphatic heterocycles. The van der Waals surface area contributed by atoms with Crippen molar-refractivity contribution in [1.82, 2.24) is 10.3 Å². The van der Waals surface area contributed by atoms with Crippen molar-refractivity contribution >= 4 is 23.2 Å². The molecule has 2 aromatic rings. The summed E-state index contributed by atoms with van der Waals surface area (Å²) in [4.78, 5) is 4.52. The number of rotatable bonds is 6. The summed E-state index contributed by atoms with van der Waals surface area (Å²) in [6.07, 6.45) is 0. The van der Waals surface area contributed by atoms with E-state index in [0.717, 1.165) is 24.5 Å². The van der Waals surface area contributed by atoms with E-state index >= 15 is 0 Å². The van der Waals surface area contributed by atoms with Crippen LogP contribution in [0.4, 0.5) is 0 Å². The maximum atomic E-state index is 5.94. The molecular formula is C15H16Cl2N2O. The van der Waals surface area contributed by atoms with Crippen molar-refractivity contribution < 1.29 is 4.74 Å². The molecule has 1 aromatic heterocycles. The summed E-state index contributed by atoms with van der Waals surface area (Å²) < 4.78 is 5.66. The second-order valence-corrected chi connectivity index (χ2v) is 5.08. The zero-order chi connectivity index (χ0) is 14.4. The summed E-state index contributed by atoms with van der Waals surface area (Å²) in [5.74, 6) is 0.679. The molecule has 106 valence electrons. The molecule has 0 saturated carbocycles. The second-order valence-electron chi connectivity index (χ2n) is 4.27. The molecule has 0 bridgehead atoms. The molecule has 1 heterocycles. The van der Waals surface area contributed by atoms with E-state index in [-0.39, 0.29) is 0 Å². The Balaban J connectivity index is 1.97. The molecule has 0 fully saturated rings. The van der Waals surface area contributed by atoms with Crippen LogP contribution in [0.2, 0.25) is 10.0 Å². The molecule has 2 rings (SSSR count). The average molecular weight is 311 g/mol. The largest absolute Gasteiger partial charge is 0.487 e. The van der Waals surface area contributed by atoms with E-state index < -0.39 is 0 Å². The van der Waals surface area contributed by atoms with Gasteiger partial charge in [0.05, 0.1) is 21.4 Å². The summed E-state index contributed by atoms with van der Waals surface area (Å²) in [6, 6.07) is 11.1. The number of hydrogen-bond acceptors (Lipinski definition) is 3. The minimum atomic E-state index is 0.401. The normalized spacial score (nSPS) is 10.6. The fourth-order valence-electron chi connectivity index (χ4n) is 1.69. The molecule has 0 saturated heterocycles. The van der Waals surface area contributed by atoms with Crippen LogP contribution in [0, 0.1) is 0 Å². The van der Waals surface area contributed by atoms with Crippen LogP contribution in [0.25, 0.3) is 0 Å². The fraction of sp³-hybridized carbons (Fsp3) is 0.267. The lowest BCUT2D eigenvalue weighted by Crippen LogP contribution is -2.13. The van der Waals surface area contributed by atoms with Crippen molar-refractivity contribution in [1.29, 1.82) is 0 Å². The summed E-state index contributed by atoms with van der Waals surface area (Å²) in [5.41, 5.74) is 1.88. The van der Waals surface area contributed by atoms with Gasteiger partial charge in [0, 0.05) is 12.6 Å². The molecule has 0 unspecified atom stereocenters. The SMILES string of the molecule is CCNCc1cccc(COc2ccc(Cl)c(Cl)c2)n1. The van der Waals surface area contributed by atoms with Crippen molar-refractivity contribution in [3.8, 4) is 5.75 Å². The standard InChI is InChI=1S/C15H16Cl2N2O/c1-2-18-9-11-4-3-5-12(19-11)10-20-13-6-7-14(16)15(17)8-13/h3-8,18H,2,9-10H2,1H3. The average Bonchev–Trinajstić information content (AvgIpc) is 2.47. The topological polar surface area (TPSA) is 34.1 Å². The first-order chi connectivity index (χ1) is 9.69. The Kier molecular flexibility index (Phi) is 5.65. The Bertz CT molecular complexity index is 576. The number of halogens is 2. The van der Waals surface area contributed by atoms with Gasteiger partial charge in [-0.15, -0.1) is 0 Å². The highest BCUT2D eigenvalue weighted by molar-refractivity contribution is 6.42. The zero-order valence-electron chi connectivity index (χ0n) is 11.2. The summed E-state index contributed by atoms with van der Waals surface area (Å²) in [6.45, 7) is 4.15. The van der Waals surface area contributed by atoms with Crippen LogP contribution >= 0.6 is 23.2 Å². The third kappa shape index (κ3) is 4.37. The first-order valence-corrected chi connectivity index (χ1v) is 7.18. The van der Waals surface area contributed by atoms with E-state index in [1.54, 1.807) is 18.2 Å². The molecule has 0 amide bonds. The molecule has 1 aromatic carbocycles. The van der Waals surface area contributed by atoms with Crippen molar-refractivity contribution in [3.05, 3.63) is 57.8 Å². The third-order valence-corrected chi connectivity index (χ3v) is 3.44. The van der Waals surface area contributed by atoms with Crippen LogP contribution in [-0.2, 0) is 13.2 Å². The summed E-state index contributed by atoms with van der Waals surface area (Å²) in [5, 5.41) is 4.25. The maximum absolute atomic E-state index is 5.94. The number of aromatic nitrogens is 1. The third-order valence-electron chi connectivity index (χ3n) is 2.70. The van der Waals surface area contributed by atoms with Crippen molar-refractivity contribution in [2.24, 2.45) is 0 Å². The van der Waals surface area contributed by atoms with Gasteiger partial charge < -0.3 is 10.1 Å². The lowest BCUT2D eigenvalue weighted by Gasteiger charge is -2.08. The van der Waals surface area contributed by atoms with E-state index in [0.29, 0.717) is 22.4 Å². The number of nitrogens with one attached hydrogen (secondary N) is 1. The van der Waals surface area contributed by atoms with Gasteiger partial charge in [-0.3, -0.25) is 4.98 Å². The van der Waals surface area contributed by atoms with Crippen LogP contribution in [0.5, 0.6) is 5.75 Å². The minimum absolute atomic E-state index is 0.401. The molecule has 0 aliphatic rings. The predicted molar refractivity (Wildman–Crippen MR) is 82.4 cm³/mol. The smallest absolute Gasteiger partial charge is 0.130 e. The number of hydrogen-bond donors (Lipinski definition) is 1. The maximum Gasteiger partial charge on any atom is 0.130 e. The van der Waals surface area contributed by atoms with Gasteiger partial charge in [0.1, 0.15) is 12.4 Å². The van der Waals surface area contributed by atoms with Crippen molar-refractivity contribution in [2.75, 3.05) is 6.54 Å². The Hall–Kier alpha value is -1.29. The summed E-state index contributed by atoms with van der Waals surface area (Å²) >= 11 is 11.8. The minimum Gasteiger partial charge on any atom is -0.487 e. The number of pyridine rings is 1. The van der Waals surface area contributed by atoms with E-state index in [1.165, 1.54) is 0 Å². The molecule has 0 radical (unpaired) electrons. The van der Waals surface area contributed by atoms with E-state index in [1.807, 2.05) is 18.2 Å². The first-order valence-electron chi connectivity index (χ1n) is 6.42. The highest BCUT2D eigenvalue weighted by atomic mass is 35.5. The van der Waals surface area contributed by atoms with Gasteiger partial charge in [-0.1, -0.05) is 36.2 Å². The molecule has 0 atom stereocenters. The molecule has 5 heteroatoms. The highest BCUT2D eigenvalue weighted by Gasteiger charge is 2.02. The molecule has 0 aliphatic carbocycles. The predicted octanol–water partition coefficient (Wildman–Crippen LogP) is 4.08. The molecule has 3 nitrogen and oxygen atoms in total. The quantitative estimate of drug-likeness (QED) is 0.873. The number of ether oxygens (including phenoxy) is 1. The van der Waals surface area contributed by atoms with Crippen LogP contribution in [0.15, 0.2) is 36.4 Å². The monoisotopic (exact) mass is 310 g/mol. The Morgan fingerprint density at radius 2 is 1.90 bits per heavy atom. The lowest BCUT2D eigenvalue weighted by atomic mass is 10.3. The molecule has 20 heavy (non-hydrogen) atoms. The molecule has 1 N–H and O–H groups in total. The Labute approximate surface area is 128 Å². The van der Waals surface area contributed by atoms with Crippen molar-refractivity contribution in [3.63, 3.8) is 0 Å². The Morgan fingerprint density at radius 1 is 1.10 bits per heavy atom. The number of nitrogens with zero attached hydrogens (tertiary/aromatic N) is 1. The van der Waals surface area contributed by atoms with Gasteiger partial charge in [0.15, 0.2) is 0 Å². The summed E-state index contributed by atoms with van der Waals surface area (Å²) in [7, 11) is 0. The lowest BCUT2D eigenvalue weighted by molar-refractivity contribution is 0.301. The van der Waals surface area contributed by atoms with Crippen LogP contribution in [-0.4, -0.2) is 11.5 Å². The van der Waals surface area contributed by atoms with E-state index in [2.05, 4.69) is 17.2 Å². The first kappa shape index (κ1) is 15.1. The zero-order valence-corrected chi connectivity index (χ0v) is 12.7. The Morgan fingerprint density at radius 3 is 2.65 bits per heavy atom. The number of benzene rings is 1. The fourth-order valence-corrected chi connectivity index (χ4v) is 1.97. The van der Waals surface area contributed by atoms with Gasteiger partial charge in [0.2, 0.25) is 0 Å². The van der Waals surface area contributed by atoms with Gasteiger partial charge >= 0.3 is 0 Å². The highest BCUT2D eigenvalue weighted by Crippen LogP contribution is 2.26. The van der Waals surface area contributed by atoms with Gasteiger partial charge in [0.25, 0.3) is 0 Å². The van der Waals surface area contributed by atoms with Crippen LogP contribution in [0.1, 0.15) is 18.3 Å². The van der Waals surface area contributed by atoms with Gasteiger partial charge in [-0.25, -0.2) is 0 Å². The molecular weight excluding hydrogens is 295 g/mol.